The second kappa shape index (κ2) is 5.56. The van der Waals surface area contributed by atoms with E-state index in [1.54, 1.807) is 11.3 Å². The molecule has 0 spiro atoms. The van der Waals surface area contributed by atoms with Gasteiger partial charge in [-0.25, -0.2) is 4.98 Å². The van der Waals surface area contributed by atoms with Crippen LogP contribution in [0.4, 0.5) is 0 Å². The molecular weight excluding hydrogens is 264 g/mol. The molecule has 1 N–H and O–H groups in total. The van der Waals surface area contributed by atoms with Gasteiger partial charge in [0.2, 0.25) is 0 Å². The Bertz CT molecular complexity index is 468. The average molecular weight is 282 g/mol. The Hall–Kier alpha value is -0.980. The Balaban J connectivity index is 1.75. The smallest absolute Gasteiger partial charge is 0.312 e. The number of morpholine rings is 1. The van der Waals surface area contributed by atoms with Crippen LogP contribution in [0.5, 0.6) is 0 Å². The fraction of sp³-hybridized carbons (Fsp3) is 0.692. The van der Waals surface area contributed by atoms with Crippen molar-refractivity contribution in [2.75, 3.05) is 26.3 Å². The third kappa shape index (κ3) is 2.80. The van der Waals surface area contributed by atoms with Gasteiger partial charge in [-0.05, 0) is 19.3 Å². The van der Waals surface area contributed by atoms with Crippen molar-refractivity contribution in [3.05, 3.63) is 15.6 Å². The summed E-state index contributed by atoms with van der Waals surface area (Å²) < 4.78 is 5.33. The number of carbonyl (C=O) groups is 1. The maximum atomic E-state index is 11.3. The van der Waals surface area contributed by atoms with E-state index in [9.17, 15) is 9.90 Å². The molecule has 1 aliphatic carbocycles. The molecular formula is C13H18N2O3S. The predicted octanol–water partition coefficient (Wildman–Crippen LogP) is 1.48. The Labute approximate surface area is 116 Å². The highest BCUT2D eigenvalue weighted by Crippen LogP contribution is 2.35. The molecule has 5 nitrogen and oxygen atoms in total. The fourth-order valence-electron chi connectivity index (χ4n) is 2.73. The molecule has 3 rings (SSSR count). The lowest BCUT2D eigenvalue weighted by atomic mass is 9.91. The highest BCUT2D eigenvalue weighted by Gasteiger charge is 2.30. The van der Waals surface area contributed by atoms with Crippen molar-refractivity contribution in [2.24, 2.45) is 0 Å². The molecule has 1 aromatic rings. The summed E-state index contributed by atoms with van der Waals surface area (Å²) in [4.78, 5) is 19.4. The van der Waals surface area contributed by atoms with Gasteiger partial charge in [0.25, 0.3) is 0 Å². The quantitative estimate of drug-likeness (QED) is 0.910. The number of fused-ring (bicyclic) bond motifs is 1. The molecule has 6 heteroatoms. The predicted molar refractivity (Wildman–Crippen MR) is 71.5 cm³/mol. The first kappa shape index (κ1) is 13.0. The molecule has 1 unspecified atom stereocenters. The Morgan fingerprint density at radius 1 is 1.47 bits per heavy atom. The molecule has 1 aromatic heterocycles. The third-order valence-electron chi connectivity index (χ3n) is 3.76. The highest BCUT2D eigenvalue weighted by atomic mass is 32.1. The zero-order chi connectivity index (χ0) is 13.2. The van der Waals surface area contributed by atoms with Gasteiger partial charge in [-0.1, -0.05) is 0 Å². The zero-order valence-electron chi connectivity index (χ0n) is 10.8. The number of carboxylic acids is 1. The largest absolute Gasteiger partial charge is 0.481 e. The van der Waals surface area contributed by atoms with Crippen molar-refractivity contribution in [1.29, 1.82) is 0 Å². The van der Waals surface area contributed by atoms with E-state index in [0.717, 1.165) is 62.8 Å². The van der Waals surface area contributed by atoms with Crippen LogP contribution < -0.4 is 0 Å². The highest BCUT2D eigenvalue weighted by molar-refractivity contribution is 7.11. The van der Waals surface area contributed by atoms with Gasteiger partial charge in [0.05, 0.1) is 31.4 Å². The molecule has 0 saturated carbocycles. The van der Waals surface area contributed by atoms with Crippen molar-refractivity contribution < 1.29 is 14.6 Å². The van der Waals surface area contributed by atoms with Crippen molar-refractivity contribution in [2.45, 2.75) is 31.7 Å². The lowest BCUT2D eigenvalue weighted by Gasteiger charge is -2.25. The van der Waals surface area contributed by atoms with Crippen LogP contribution in [-0.4, -0.2) is 47.3 Å². The topological polar surface area (TPSA) is 62.7 Å². The summed E-state index contributed by atoms with van der Waals surface area (Å²) in [5, 5.41) is 10.3. The summed E-state index contributed by atoms with van der Waals surface area (Å²) in [6, 6.07) is 0. The van der Waals surface area contributed by atoms with Gasteiger partial charge in [0.1, 0.15) is 5.01 Å². The second-order valence-electron chi connectivity index (χ2n) is 5.09. The van der Waals surface area contributed by atoms with Crippen LogP contribution in [0.2, 0.25) is 0 Å². The number of ether oxygens (including phenoxy) is 1. The first-order chi connectivity index (χ1) is 9.24. The SMILES string of the molecule is O=C(O)C1CCCc2sc(CN3CCOCC3)nc21. The van der Waals surface area contributed by atoms with Gasteiger partial charge in [0, 0.05) is 18.0 Å². The first-order valence-corrected chi connectivity index (χ1v) is 7.57. The fourth-order valence-corrected chi connectivity index (χ4v) is 3.94. The Morgan fingerprint density at radius 2 is 2.26 bits per heavy atom. The number of aryl methyl sites for hydroxylation is 1. The van der Waals surface area contributed by atoms with Crippen LogP contribution in [0.25, 0.3) is 0 Å². The van der Waals surface area contributed by atoms with E-state index in [4.69, 9.17) is 4.74 Å². The van der Waals surface area contributed by atoms with Gasteiger partial charge in [0.15, 0.2) is 0 Å². The van der Waals surface area contributed by atoms with E-state index in [-0.39, 0.29) is 0 Å². The molecule has 1 atom stereocenters. The van der Waals surface area contributed by atoms with Gasteiger partial charge < -0.3 is 9.84 Å². The van der Waals surface area contributed by atoms with Crippen LogP contribution in [0.15, 0.2) is 0 Å². The number of nitrogens with zero attached hydrogens (tertiary/aromatic N) is 2. The zero-order valence-corrected chi connectivity index (χ0v) is 11.6. The van der Waals surface area contributed by atoms with Gasteiger partial charge in [-0.3, -0.25) is 9.69 Å². The Kier molecular flexibility index (Phi) is 3.81. The number of aliphatic carboxylic acids is 1. The molecule has 19 heavy (non-hydrogen) atoms. The molecule has 1 aliphatic heterocycles. The van der Waals surface area contributed by atoms with Crippen LogP contribution in [0.3, 0.4) is 0 Å². The van der Waals surface area contributed by atoms with Crippen LogP contribution in [-0.2, 0) is 22.5 Å². The monoisotopic (exact) mass is 282 g/mol. The molecule has 1 saturated heterocycles. The van der Waals surface area contributed by atoms with Crippen molar-refractivity contribution in [3.63, 3.8) is 0 Å². The summed E-state index contributed by atoms with van der Waals surface area (Å²) in [6.45, 7) is 4.26. The summed E-state index contributed by atoms with van der Waals surface area (Å²) >= 11 is 1.69. The minimum absolute atomic E-state index is 0.390. The summed E-state index contributed by atoms with van der Waals surface area (Å²) in [6.07, 6.45) is 2.67. The lowest BCUT2D eigenvalue weighted by Crippen LogP contribution is -2.35. The molecule has 1 fully saturated rings. The number of aromatic nitrogens is 1. The van der Waals surface area contributed by atoms with E-state index in [1.807, 2.05) is 0 Å². The van der Waals surface area contributed by atoms with Gasteiger partial charge >= 0.3 is 5.97 Å². The van der Waals surface area contributed by atoms with Crippen molar-refractivity contribution in [1.82, 2.24) is 9.88 Å². The summed E-state index contributed by atoms with van der Waals surface area (Å²) in [5.74, 6) is -1.12. The standard InChI is InChI=1S/C13H18N2O3S/c16-13(17)9-2-1-3-10-12(9)14-11(19-10)8-15-4-6-18-7-5-15/h9H,1-8H2,(H,16,17). The average Bonchev–Trinajstić information content (AvgIpc) is 2.81. The maximum absolute atomic E-state index is 11.3. The number of rotatable bonds is 3. The summed E-state index contributed by atoms with van der Waals surface area (Å²) in [7, 11) is 0. The van der Waals surface area contributed by atoms with Crippen LogP contribution >= 0.6 is 11.3 Å². The molecule has 2 aliphatic rings. The second-order valence-corrected chi connectivity index (χ2v) is 6.26. The minimum atomic E-state index is -0.732. The van der Waals surface area contributed by atoms with E-state index >= 15 is 0 Å². The molecule has 0 radical (unpaired) electrons. The summed E-state index contributed by atoms with van der Waals surface area (Å²) in [5.41, 5.74) is 0.826. The third-order valence-corrected chi connectivity index (χ3v) is 4.87. The van der Waals surface area contributed by atoms with Crippen LogP contribution in [0, 0.1) is 0 Å². The maximum Gasteiger partial charge on any atom is 0.312 e. The van der Waals surface area contributed by atoms with Gasteiger partial charge in [-0.2, -0.15) is 0 Å². The first-order valence-electron chi connectivity index (χ1n) is 6.75. The molecule has 0 amide bonds. The molecule has 2 heterocycles. The van der Waals surface area contributed by atoms with E-state index in [2.05, 4.69) is 9.88 Å². The molecule has 0 bridgehead atoms. The van der Waals surface area contributed by atoms with E-state index < -0.39 is 11.9 Å². The Morgan fingerprint density at radius 3 is 3.00 bits per heavy atom. The molecule has 104 valence electrons. The lowest BCUT2D eigenvalue weighted by molar-refractivity contribution is -0.139. The van der Waals surface area contributed by atoms with E-state index in [0.29, 0.717) is 0 Å². The van der Waals surface area contributed by atoms with Crippen LogP contribution in [0.1, 0.15) is 34.3 Å². The number of hydrogen-bond donors (Lipinski definition) is 1. The number of carboxylic acid groups (broad SMARTS) is 1. The number of hydrogen-bond acceptors (Lipinski definition) is 5. The van der Waals surface area contributed by atoms with Crippen molar-refractivity contribution >= 4 is 17.3 Å². The normalized spacial score (nSPS) is 24.1. The van der Waals surface area contributed by atoms with Crippen molar-refractivity contribution in [3.8, 4) is 0 Å². The van der Waals surface area contributed by atoms with E-state index in [1.165, 1.54) is 4.88 Å². The molecule has 0 aromatic carbocycles. The van der Waals surface area contributed by atoms with Gasteiger partial charge in [-0.15, -0.1) is 11.3 Å². The number of thiazole rings is 1. The minimum Gasteiger partial charge on any atom is -0.481 e.